The van der Waals surface area contributed by atoms with E-state index in [1.807, 2.05) is 32.0 Å². The van der Waals surface area contributed by atoms with Crippen LogP contribution in [0.15, 0.2) is 41.6 Å². The van der Waals surface area contributed by atoms with E-state index in [4.69, 9.17) is 0 Å². The van der Waals surface area contributed by atoms with Crippen LogP contribution >= 0.6 is 0 Å². The molecule has 0 spiro atoms. The second kappa shape index (κ2) is 5.35. The molecule has 1 aromatic carbocycles. The lowest BCUT2D eigenvalue weighted by Gasteiger charge is -2.09. The number of carbonyl (C=O) groups is 1. The Bertz CT molecular complexity index is 365. The average Bonchev–Trinajstić information content (AvgIpc) is 2.26. The van der Waals surface area contributed by atoms with Crippen LogP contribution in [0.25, 0.3) is 0 Å². The highest BCUT2D eigenvalue weighted by Crippen LogP contribution is 2.03. The molecule has 0 aliphatic rings. The molecule has 1 N–H and O–H groups in total. The third kappa shape index (κ3) is 3.58. The zero-order valence-corrected chi connectivity index (χ0v) is 9.50. The minimum atomic E-state index is 0.119. The summed E-state index contributed by atoms with van der Waals surface area (Å²) >= 11 is 0. The Labute approximate surface area is 91.0 Å². The number of benzene rings is 1. The second-order valence-corrected chi connectivity index (χ2v) is 3.65. The van der Waals surface area contributed by atoms with Crippen molar-refractivity contribution in [2.24, 2.45) is 0 Å². The summed E-state index contributed by atoms with van der Waals surface area (Å²) in [4.78, 5) is 11.1. The molecular weight excluding hydrogens is 186 g/mol. The Morgan fingerprint density at radius 3 is 2.27 bits per heavy atom. The highest BCUT2D eigenvalue weighted by atomic mass is 16.1. The first-order chi connectivity index (χ1) is 7.11. The van der Waals surface area contributed by atoms with E-state index in [2.05, 4.69) is 17.4 Å². The van der Waals surface area contributed by atoms with Gasteiger partial charge in [-0.25, -0.2) is 0 Å². The molecule has 0 amide bonds. The van der Waals surface area contributed by atoms with Crippen molar-refractivity contribution in [1.82, 2.24) is 5.32 Å². The maximum absolute atomic E-state index is 11.1. The van der Waals surface area contributed by atoms with E-state index in [1.165, 1.54) is 5.56 Å². The number of allylic oxidation sites excluding steroid dienone is 2. The summed E-state index contributed by atoms with van der Waals surface area (Å²) < 4.78 is 0. The van der Waals surface area contributed by atoms with E-state index in [-0.39, 0.29) is 5.78 Å². The quantitative estimate of drug-likeness (QED) is 0.762. The standard InChI is InChI=1S/C13H17NO/c1-10(12(3)15)11(2)14-9-13-7-5-4-6-8-13/h4-8,14H,9H2,1-3H3/b11-10-. The normalized spacial score (nSPS) is 11.9. The van der Waals surface area contributed by atoms with E-state index in [1.54, 1.807) is 6.92 Å². The van der Waals surface area contributed by atoms with Gasteiger partial charge in [-0.05, 0) is 26.3 Å². The lowest BCUT2D eigenvalue weighted by molar-refractivity contribution is -0.113. The molecule has 0 saturated heterocycles. The topological polar surface area (TPSA) is 29.1 Å². The van der Waals surface area contributed by atoms with Crippen molar-refractivity contribution in [2.75, 3.05) is 0 Å². The van der Waals surface area contributed by atoms with Crippen molar-refractivity contribution in [3.63, 3.8) is 0 Å². The van der Waals surface area contributed by atoms with Crippen molar-refractivity contribution in [3.05, 3.63) is 47.2 Å². The molecule has 15 heavy (non-hydrogen) atoms. The van der Waals surface area contributed by atoms with Crippen molar-refractivity contribution < 1.29 is 4.79 Å². The first-order valence-corrected chi connectivity index (χ1v) is 5.07. The Kier molecular flexibility index (Phi) is 4.10. The van der Waals surface area contributed by atoms with Crippen LogP contribution in [0.3, 0.4) is 0 Å². The van der Waals surface area contributed by atoms with Crippen molar-refractivity contribution in [2.45, 2.75) is 27.3 Å². The Morgan fingerprint density at radius 1 is 1.13 bits per heavy atom. The molecule has 0 aliphatic heterocycles. The predicted octanol–water partition coefficient (Wildman–Crippen LogP) is 2.66. The Hall–Kier alpha value is -1.57. The SMILES string of the molecule is CC(=O)/C(C)=C(/C)NCc1ccccc1. The molecule has 1 rings (SSSR count). The number of ketones is 1. The van der Waals surface area contributed by atoms with Gasteiger partial charge in [0.2, 0.25) is 0 Å². The fraction of sp³-hybridized carbons (Fsp3) is 0.308. The van der Waals surface area contributed by atoms with Gasteiger partial charge < -0.3 is 5.32 Å². The first-order valence-electron chi connectivity index (χ1n) is 5.07. The van der Waals surface area contributed by atoms with Gasteiger partial charge in [-0.15, -0.1) is 0 Å². The molecule has 0 aromatic heterocycles. The van der Waals surface area contributed by atoms with E-state index >= 15 is 0 Å². The molecule has 0 atom stereocenters. The van der Waals surface area contributed by atoms with Gasteiger partial charge in [0.1, 0.15) is 0 Å². The Balaban J connectivity index is 2.58. The van der Waals surface area contributed by atoms with Crippen LogP contribution in [0.1, 0.15) is 26.3 Å². The summed E-state index contributed by atoms with van der Waals surface area (Å²) in [7, 11) is 0. The molecular formula is C13H17NO. The average molecular weight is 203 g/mol. The number of rotatable bonds is 4. The van der Waals surface area contributed by atoms with Crippen molar-refractivity contribution in [3.8, 4) is 0 Å². The van der Waals surface area contributed by atoms with Crippen molar-refractivity contribution in [1.29, 1.82) is 0 Å². The minimum Gasteiger partial charge on any atom is -0.384 e. The van der Waals surface area contributed by atoms with Crippen LogP contribution in [-0.2, 0) is 11.3 Å². The van der Waals surface area contributed by atoms with Gasteiger partial charge in [0.15, 0.2) is 5.78 Å². The van der Waals surface area contributed by atoms with Crippen LogP contribution in [0, 0.1) is 0 Å². The molecule has 0 bridgehead atoms. The van der Waals surface area contributed by atoms with Crippen LogP contribution in [0.5, 0.6) is 0 Å². The maximum Gasteiger partial charge on any atom is 0.157 e. The largest absolute Gasteiger partial charge is 0.384 e. The third-order valence-corrected chi connectivity index (χ3v) is 2.49. The second-order valence-electron chi connectivity index (χ2n) is 3.65. The van der Waals surface area contributed by atoms with E-state index in [9.17, 15) is 4.79 Å². The highest BCUT2D eigenvalue weighted by Gasteiger charge is 2.01. The van der Waals surface area contributed by atoms with Gasteiger partial charge >= 0.3 is 0 Å². The molecule has 1 aromatic rings. The monoisotopic (exact) mass is 203 g/mol. The number of hydrogen-bond acceptors (Lipinski definition) is 2. The third-order valence-electron chi connectivity index (χ3n) is 2.49. The highest BCUT2D eigenvalue weighted by molar-refractivity contribution is 5.93. The van der Waals surface area contributed by atoms with Gasteiger partial charge in [-0.1, -0.05) is 30.3 Å². The van der Waals surface area contributed by atoms with Gasteiger partial charge in [0.05, 0.1) is 0 Å². The summed E-state index contributed by atoms with van der Waals surface area (Å²) in [5.74, 6) is 0.119. The number of nitrogens with one attached hydrogen (secondary N) is 1. The van der Waals surface area contributed by atoms with Crippen molar-refractivity contribution >= 4 is 5.78 Å². The summed E-state index contributed by atoms with van der Waals surface area (Å²) in [5.41, 5.74) is 2.96. The van der Waals surface area contributed by atoms with Gasteiger partial charge in [-0.2, -0.15) is 0 Å². The molecule has 0 saturated carbocycles. The lowest BCUT2D eigenvalue weighted by atomic mass is 10.1. The van der Waals surface area contributed by atoms with E-state index in [0.717, 1.165) is 17.8 Å². The Morgan fingerprint density at radius 2 is 1.73 bits per heavy atom. The number of hydrogen-bond donors (Lipinski definition) is 1. The van der Waals surface area contributed by atoms with E-state index < -0.39 is 0 Å². The predicted molar refractivity (Wildman–Crippen MR) is 62.3 cm³/mol. The van der Waals surface area contributed by atoms with Crippen LogP contribution in [0.4, 0.5) is 0 Å². The molecule has 0 unspecified atom stereocenters. The van der Waals surface area contributed by atoms with Crippen LogP contribution in [-0.4, -0.2) is 5.78 Å². The number of Topliss-reactive ketones (excluding diaryl/α,β-unsaturated/α-hetero) is 1. The summed E-state index contributed by atoms with van der Waals surface area (Å²) in [6.45, 7) is 6.12. The van der Waals surface area contributed by atoms with Gasteiger partial charge in [-0.3, -0.25) is 4.79 Å². The molecule has 2 heteroatoms. The van der Waals surface area contributed by atoms with Gasteiger partial charge in [0, 0.05) is 17.8 Å². The summed E-state index contributed by atoms with van der Waals surface area (Å²) in [6, 6.07) is 10.1. The fourth-order valence-electron chi connectivity index (χ4n) is 1.23. The van der Waals surface area contributed by atoms with E-state index in [0.29, 0.717) is 0 Å². The summed E-state index contributed by atoms with van der Waals surface area (Å²) in [5, 5.41) is 3.24. The molecule has 80 valence electrons. The zero-order valence-electron chi connectivity index (χ0n) is 9.50. The molecule has 0 fully saturated rings. The number of carbonyl (C=O) groups excluding carboxylic acids is 1. The van der Waals surface area contributed by atoms with Gasteiger partial charge in [0.25, 0.3) is 0 Å². The molecule has 0 heterocycles. The molecule has 2 nitrogen and oxygen atoms in total. The van der Waals surface area contributed by atoms with Crippen LogP contribution < -0.4 is 5.32 Å². The first kappa shape index (κ1) is 11.5. The lowest BCUT2D eigenvalue weighted by Crippen LogP contribution is -2.14. The molecule has 0 aliphatic carbocycles. The maximum atomic E-state index is 11.1. The molecule has 0 radical (unpaired) electrons. The van der Waals surface area contributed by atoms with Crippen LogP contribution in [0.2, 0.25) is 0 Å². The smallest absolute Gasteiger partial charge is 0.157 e. The minimum absolute atomic E-state index is 0.119. The zero-order chi connectivity index (χ0) is 11.3. The summed E-state index contributed by atoms with van der Waals surface area (Å²) in [6.07, 6.45) is 0. The fourth-order valence-corrected chi connectivity index (χ4v) is 1.23.